The van der Waals surface area contributed by atoms with Gasteiger partial charge in [-0.25, -0.2) is 14.8 Å². The first-order valence-corrected chi connectivity index (χ1v) is 8.28. The third-order valence-electron chi connectivity index (χ3n) is 3.35. The Bertz CT molecular complexity index is 734. The van der Waals surface area contributed by atoms with Crippen LogP contribution in [0, 0.1) is 0 Å². The maximum absolute atomic E-state index is 12.1. The molecule has 0 spiro atoms. The molecule has 26 heavy (non-hydrogen) atoms. The van der Waals surface area contributed by atoms with Crippen LogP contribution in [0.25, 0.3) is 0 Å². The van der Waals surface area contributed by atoms with Crippen molar-refractivity contribution in [3.63, 3.8) is 0 Å². The molecule has 1 heterocycles. The van der Waals surface area contributed by atoms with Crippen molar-refractivity contribution in [3.8, 4) is 0 Å². The molecule has 8 nitrogen and oxygen atoms in total. The highest BCUT2D eigenvalue weighted by atomic mass is 16.5. The molecule has 2 aromatic rings. The molecule has 0 aliphatic heterocycles. The van der Waals surface area contributed by atoms with E-state index in [1.807, 2.05) is 0 Å². The maximum Gasteiger partial charge on any atom is 0.338 e. The third-order valence-corrected chi connectivity index (χ3v) is 3.35. The maximum atomic E-state index is 12.1. The van der Waals surface area contributed by atoms with E-state index in [9.17, 15) is 9.59 Å². The van der Waals surface area contributed by atoms with Gasteiger partial charge in [-0.1, -0.05) is 0 Å². The topological polar surface area (TPSA) is 102 Å². The Labute approximate surface area is 151 Å². The van der Waals surface area contributed by atoms with E-state index in [4.69, 9.17) is 9.47 Å². The summed E-state index contributed by atoms with van der Waals surface area (Å²) in [5.41, 5.74) is 1.42. The number of methoxy groups -OCH3 is 1. The number of amides is 1. The molecule has 0 bridgehead atoms. The lowest BCUT2D eigenvalue weighted by atomic mass is 10.2. The van der Waals surface area contributed by atoms with Crippen LogP contribution in [-0.4, -0.2) is 48.7 Å². The van der Waals surface area contributed by atoms with Gasteiger partial charge in [-0.2, -0.15) is 0 Å². The number of benzene rings is 1. The van der Waals surface area contributed by atoms with Gasteiger partial charge in [-0.3, -0.25) is 4.79 Å². The van der Waals surface area contributed by atoms with Crippen molar-refractivity contribution in [1.29, 1.82) is 0 Å². The quantitative estimate of drug-likeness (QED) is 0.523. The van der Waals surface area contributed by atoms with Gasteiger partial charge in [0.15, 0.2) is 0 Å². The molecular formula is C18H22N4O4. The second kappa shape index (κ2) is 10.1. The molecule has 1 amide bonds. The summed E-state index contributed by atoms with van der Waals surface area (Å²) >= 11 is 0. The number of nitrogens with one attached hydrogen (secondary N) is 2. The number of ether oxygens (including phenoxy) is 2. The summed E-state index contributed by atoms with van der Waals surface area (Å²) in [4.78, 5) is 32.0. The highest BCUT2D eigenvalue weighted by Gasteiger charge is 2.09. The van der Waals surface area contributed by atoms with Crippen LogP contribution in [0.1, 0.15) is 34.2 Å². The number of esters is 1. The first-order valence-electron chi connectivity index (χ1n) is 8.28. The van der Waals surface area contributed by atoms with Crippen molar-refractivity contribution in [1.82, 2.24) is 15.3 Å². The standard InChI is InChI=1S/C18H22N4O4/c1-3-26-17(24)13-5-7-14(8-6-13)21-18-20-11-9-15(22-18)16(23)19-10-4-12-25-2/h5-9,11H,3-4,10,12H2,1-2H3,(H,19,23)(H,20,21,22). The van der Waals surface area contributed by atoms with E-state index in [0.29, 0.717) is 37.0 Å². The number of rotatable bonds is 9. The predicted molar refractivity (Wildman–Crippen MR) is 96.5 cm³/mol. The van der Waals surface area contributed by atoms with Crippen LogP contribution in [0.3, 0.4) is 0 Å². The minimum atomic E-state index is -0.373. The van der Waals surface area contributed by atoms with Crippen LogP contribution >= 0.6 is 0 Å². The van der Waals surface area contributed by atoms with Gasteiger partial charge >= 0.3 is 5.97 Å². The number of carbonyl (C=O) groups is 2. The molecule has 0 aliphatic rings. The number of carbonyl (C=O) groups excluding carboxylic acids is 2. The lowest BCUT2D eigenvalue weighted by molar-refractivity contribution is 0.0526. The van der Waals surface area contributed by atoms with E-state index >= 15 is 0 Å². The molecule has 8 heteroatoms. The zero-order chi connectivity index (χ0) is 18.8. The minimum Gasteiger partial charge on any atom is -0.462 e. The monoisotopic (exact) mass is 358 g/mol. The molecule has 2 rings (SSSR count). The molecule has 0 unspecified atom stereocenters. The van der Waals surface area contributed by atoms with Crippen LogP contribution in [0.15, 0.2) is 36.5 Å². The average molecular weight is 358 g/mol. The molecule has 1 aromatic heterocycles. The number of anilines is 2. The fraction of sp³-hybridized carbons (Fsp3) is 0.333. The molecule has 138 valence electrons. The van der Waals surface area contributed by atoms with E-state index in [1.54, 1.807) is 44.4 Å². The van der Waals surface area contributed by atoms with Crippen LogP contribution in [0.5, 0.6) is 0 Å². The molecule has 0 fully saturated rings. The summed E-state index contributed by atoms with van der Waals surface area (Å²) < 4.78 is 9.87. The minimum absolute atomic E-state index is 0.267. The molecule has 1 aromatic carbocycles. The number of aromatic nitrogens is 2. The second-order valence-electron chi connectivity index (χ2n) is 5.29. The molecule has 2 N–H and O–H groups in total. The Kier molecular flexibility index (Phi) is 7.50. The smallest absolute Gasteiger partial charge is 0.338 e. The molecule has 0 atom stereocenters. The highest BCUT2D eigenvalue weighted by Crippen LogP contribution is 2.14. The molecule has 0 aliphatic carbocycles. The van der Waals surface area contributed by atoms with E-state index < -0.39 is 0 Å². The SMILES string of the molecule is CCOC(=O)c1ccc(Nc2nccc(C(=O)NCCCOC)n2)cc1. The van der Waals surface area contributed by atoms with E-state index in [1.165, 1.54) is 6.20 Å². The largest absolute Gasteiger partial charge is 0.462 e. The summed E-state index contributed by atoms with van der Waals surface area (Å²) in [6.07, 6.45) is 2.23. The first-order chi connectivity index (χ1) is 12.6. The van der Waals surface area contributed by atoms with Crippen LogP contribution in [0.4, 0.5) is 11.6 Å². The summed E-state index contributed by atoms with van der Waals surface area (Å²) in [5.74, 6) is -0.356. The van der Waals surface area contributed by atoms with E-state index in [0.717, 1.165) is 6.42 Å². The zero-order valence-corrected chi connectivity index (χ0v) is 14.8. The lowest BCUT2D eigenvalue weighted by Gasteiger charge is -2.08. The molecule has 0 radical (unpaired) electrons. The third kappa shape index (κ3) is 5.82. The van der Waals surface area contributed by atoms with E-state index in [2.05, 4.69) is 20.6 Å². The summed E-state index contributed by atoms with van der Waals surface area (Å²) in [6.45, 7) is 3.17. The van der Waals surface area contributed by atoms with E-state index in [-0.39, 0.29) is 17.6 Å². The van der Waals surface area contributed by atoms with Gasteiger partial charge in [0.1, 0.15) is 5.69 Å². The fourth-order valence-electron chi connectivity index (χ4n) is 2.09. The van der Waals surface area contributed by atoms with Gasteiger partial charge in [0.2, 0.25) is 5.95 Å². The van der Waals surface area contributed by atoms with Gasteiger partial charge in [0.05, 0.1) is 12.2 Å². The molecule has 0 saturated heterocycles. The van der Waals surface area contributed by atoms with Crippen LogP contribution in [0.2, 0.25) is 0 Å². The first kappa shape index (κ1) is 19.3. The Morgan fingerprint density at radius 2 is 1.92 bits per heavy atom. The van der Waals surface area contributed by atoms with Crippen molar-refractivity contribution in [2.24, 2.45) is 0 Å². The Hall–Kier alpha value is -3.00. The average Bonchev–Trinajstić information content (AvgIpc) is 2.66. The normalized spacial score (nSPS) is 10.2. The van der Waals surface area contributed by atoms with Gasteiger partial charge in [-0.15, -0.1) is 0 Å². The Morgan fingerprint density at radius 3 is 2.62 bits per heavy atom. The van der Waals surface area contributed by atoms with Crippen molar-refractivity contribution < 1.29 is 19.1 Å². The van der Waals surface area contributed by atoms with Crippen molar-refractivity contribution in [2.75, 3.05) is 32.2 Å². The molecular weight excluding hydrogens is 336 g/mol. The van der Waals surface area contributed by atoms with Gasteiger partial charge in [0, 0.05) is 32.1 Å². The lowest BCUT2D eigenvalue weighted by Crippen LogP contribution is -2.26. The van der Waals surface area contributed by atoms with Crippen LogP contribution < -0.4 is 10.6 Å². The summed E-state index contributed by atoms with van der Waals surface area (Å²) in [6, 6.07) is 8.26. The zero-order valence-electron chi connectivity index (χ0n) is 14.8. The number of nitrogens with zero attached hydrogens (tertiary/aromatic N) is 2. The predicted octanol–water partition coefficient (Wildman–Crippen LogP) is 2.16. The Balaban J connectivity index is 1.97. The summed E-state index contributed by atoms with van der Waals surface area (Å²) in [5, 5.41) is 5.77. The highest BCUT2D eigenvalue weighted by molar-refractivity contribution is 5.92. The Morgan fingerprint density at radius 1 is 1.15 bits per heavy atom. The van der Waals surface area contributed by atoms with Crippen molar-refractivity contribution in [2.45, 2.75) is 13.3 Å². The summed E-state index contributed by atoms with van der Waals surface area (Å²) in [7, 11) is 1.61. The van der Waals surface area contributed by atoms with Crippen molar-refractivity contribution in [3.05, 3.63) is 47.8 Å². The number of hydrogen-bond acceptors (Lipinski definition) is 7. The van der Waals surface area contributed by atoms with Crippen LogP contribution in [-0.2, 0) is 9.47 Å². The van der Waals surface area contributed by atoms with Gasteiger partial charge < -0.3 is 20.1 Å². The number of hydrogen-bond donors (Lipinski definition) is 2. The fourth-order valence-corrected chi connectivity index (χ4v) is 2.09. The molecule has 0 saturated carbocycles. The van der Waals surface area contributed by atoms with Gasteiger partial charge in [-0.05, 0) is 43.7 Å². The second-order valence-corrected chi connectivity index (χ2v) is 5.29. The van der Waals surface area contributed by atoms with Gasteiger partial charge in [0.25, 0.3) is 5.91 Å². The van der Waals surface area contributed by atoms with Crippen molar-refractivity contribution >= 4 is 23.5 Å².